The van der Waals surface area contributed by atoms with Gasteiger partial charge in [-0.05, 0) is 13.8 Å². The minimum absolute atomic E-state index is 0.0642. The van der Waals surface area contributed by atoms with Crippen LogP contribution in [0.2, 0.25) is 0 Å². The van der Waals surface area contributed by atoms with E-state index in [9.17, 15) is 8.42 Å². The van der Waals surface area contributed by atoms with Crippen molar-refractivity contribution in [3.05, 3.63) is 0 Å². The molecule has 0 aromatic heterocycles. The van der Waals surface area contributed by atoms with Gasteiger partial charge in [-0.15, -0.1) is 0 Å². The molecule has 84 valence electrons. The molecule has 0 rings (SSSR count). The first-order chi connectivity index (χ1) is 6.35. The molecule has 5 nitrogen and oxygen atoms in total. The van der Waals surface area contributed by atoms with Crippen LogP contribution in [0.5, 0.6) is 0 Å². The Labute approximate surface area is 86.3 Å². The fourth-order valence-electron chi connectivity index (χ4n) is 0.909. The fraction of sp³-hybridized carbons (Fsp3) is 1.00. The summed E-state index contributed by atoms with van der Waals surface area (Å²) in [5.41, 5.74) is 0. The average Bonchev–Trinajstić information content (AvgIpc) is 1.98. The van der Waals surface area contributed by atoms with Crippen molar-refractivity contribution in [2.24, 2.45) is 0 Å². The molecule has 0 aliphatic carbocycles. The highest BCUT2D eigenvalue weighted by Gasteiger charge is 2.11. The second-order valence-corrected chi connectivity index (χ2v) is 4.81. The van der Waals surface area contributed by atoms with Crippen LogP contribution in [0.1, 0.15) is 13.8 Å². The van der Waals surface area contributed by atoms with Crippen LogP contribution in [0.25, 0.3) is 0 Å². The van der Waals surface area contributed by atoms with Crippen molar-refractivity contribution in [1.29, 1.82) is 0 Å². The Morgan fingerprint density at radius 3 is 2.21 bits per heavy atom. The van der Waals surface area contributed by atoms with Gasteiger partial charge < -0.3 is 9.39 Å². The molecule has 0 heterocycles. The third-order valence-corrected chi connectivity index (χ3v) is 2.03. The van der Waals surface area contributed by atoms with Gasteiger partial charge in [-0.2, -0.15) is 8.42 Å². The molecule has 0 saturated heterocycles. The minimum atomic E-state index is -3.39. The predicted molar refractivity (Wildman–Crippen MR) is 55.3 cm³/mol. The third kappa shape index (κ3) is 8.49. The van der Waals surface area contributed by atoms with Crippen molar-refractivity contribution in [2.45, 2.75) is 26.1 Å². The van der Waals surface area contributed by atoms with Gasteiger partial charge in [-0.25, -0.2) is 0 Å². The number of hydrogen-bond donors (Lipinski definition) is 0. The summed E-state index contributed by atoms with van der Waals surface area (Å²) in [7, 11) is -1.82. The van der Waals surface area contributed by atoms with E-state index in [-0.39, 0.29) is 12.7 Å². The smallest absolute Gasteiger partial charge is 0.264 e. The van der Waals surface area contributed by atoms with Crippen LogP contribution in [0.4, 0.5) is 0 Å². The molecule has 0 aromatic rings. The van der Waals surface area contributed by atoms with Crippen LogP contribution in [0, 0.1) is 0 Å². The molecule has 2 unspecified atom stereocenters. The maximum Gasteiger partial charge on any atom is 0.264 e. The summed E-state index contributed by atoms with van der Waals surface area (Å²) >= 11 is 0. The van der Waals surface area contributed by atoms with E-state index >= 15 is 0 Å². The van der Waals surface area contributed by atoms with Crippen molar-refractivity contribution in [3.8, 4) is 0 Å². The van der Waals surface area contributed by atoms with E-state index in [1.165, 1.54) is 0 Å². The topological polar surface area (TPSA) is 61.8 Å². The van der Waals surface area contributed by atoms with E-state index in [1.807, 2.05) is 6.92 Å². The monoisotopic (exact) mass is 224 g/mol. The molecular weight excluding hydrogens is 207 g/mol. The first-order valence-electron chi connectivity index (χ1n) is 4.34. The maximum atomic E-state index is 10.7. The second kappa shape index (κ2) is 6.39. The van der Waals surface area contributed by atoms with Crippen molar-refractivity contribution in [1.82, 2.24) is 0 Å². The van der Waals surface area contributed by atoms with Gasteiger partial charge >= 0.3 is 0 Å². The summed E-state index contributed by atoms with van der Waals surface area (Å²) in [5.74, 6) is 0. The van der Waals surface area contributed by atoms with Crippen LogP contribution in [-0.4, -0.2) is 48.1 Å². The molecule has 0 aliphatic heterocycles. The zero-order chi connectivity index (χ0) is 11.2. The second-order valence-electron chi connectivity index (χ2n) is 3.21. The molecule has 0 aliphatic rings. The molecule has 0 spiro atoms. The average molecular weight is 224 g/mol. The van der Waals surface area contributed by atoms with E-state index < -0.39 is 16.2 Å². The lowest BCUT2D eigenvalue weighted by Crippen LogP contribution is -2.24. The van der Waals surface area contributed by atoms with E-state index in [2.05, 4.69) is 4.18 Å². The highest BCUT2D eigenvalue weighted by molar-refractivity contribution is 7.86. The number of rotatable bonds is 7. The molecule has 0 N–H and O–H groups in total. The molecule has 14 heavy (non-hydrogen) atoms. The van der Waals surface area contributed by atoms with Crippen LogP contribution >= 0.6 is 0 Å². The first kappa shape index (κ1) is 13.9. The lowest BCUT2D eigenvalue weighted by Gasteiger charge is -2.16. The summed E-state index contributed by atoms with van der Waals surface area (Å²) in [5, 5.41) is 0. The quantitative estimate of drug-likeness (QED) is 0.423. The molecule has 0 fully saturated rings. The molecule has 0 bridgehead atoms. The normalized spacial score (nSPS) is 16.5. The van der Waals surface area contributed by atoms with Crippen LogP contribution in [0.3, 0.4) is 0 Å². The van der Waals surface area contributed by atoms with Crippen molar-refractivity contribution >= 4 is 18.2 Å². The Morgan fingerprint density at radius 2 is 1.79 bits per heavy atom. The van der Waals surface area contributed by atoms with Gasteiger partial charge in [0.15, 0.2) is 0 Å². The zero-order valence-electron chi connectivity index (χ0n) is 9.02. The minimum Gasteiger partial charge on any atom is -0.441 e. The van der Waals surface area contributed by atoms with Gasteiger partial charge in [0.25, 0.3) is 18.2 Å². The van der Waals surface area contributed by atoms with Crippen LogP contribution in [0.15, 0.2) is 0 Å². The number of ether oxygens (including phenoxy) is 1. The van der Waals surface area contributed by atoms with Gasteiger partial charge in [0.2, 0.25) is 0 Å². The highest BCUT2D eigenvalue weighted by atomic mass is 32.2. The zero-order valence-corrected chi connectivity index (χ0v) is 9.83. The standard InChI is InChI=1S/C7H17BO5S/c1-6(5-12-8)11-4-7(2)13-14(3,9)10/h6-7H,4-5,8H2,1-3H3. The molecule has 0 amide bonds. The van der Waals surface area contributed by atoms with E-state index in [0.717, 1.165) is 6.26 Å². The Morgan fingerprint density at radius 1 is 1.21 bits per heavy atom. The van der Waals surface area contributed by atoms with Gasteiger partial charge in [-0.3, -0.25) is 4.18 Å². The maximum absolute atomic E-state index is 10.7. The van der Waals surface area contributed by atoms with Crippen molar-refractivity contribution in [3.63, 3.8) is 0 Å². The van der Waals surface area contributed by atoms with Crippen molar-refractivity contribution < 1.29 is 22.0 Å². The highest BCUT2D eigenvalue weighted by Crippen LogP contribution is 2.00. The summed E-state index contributed by atoms with van der Waals surface area (Å²) < 4.78 is 36.2. The van der Waals surface area contributed by atoms with E-state index in [4.69, 9.17) is 9.39 Å². The summed E-state index contributed by atoms with van der Waals surface area (Å²) in [4.78, 5) is 0. The summed E-state index contributed by atoms with van der Waals surface area (Å²) in [6, 6.07) is 0. The Hall–Kier alpha value is -0.105. The third-order valence-electron chi connectivity index (χ3n) is 1.36. The molecule has 2 atom stereocenters. The molecule has 7 heteroatoms. The lowest BCUT2D eigenvalue weighted by atomic mass is 10.4. The SMILES string of the molecule is BOCC(C)OCC(C)OS(C)(=O)=O. The molecule has 0 saturated carbocycles. The van der Waals surface area contributed by atoms with E-state index in [0.29, 0.717) is 6.61 Å². The molecule has 0 aromatic carbocycles. The first-order valence-corrected chi connectivity index (χ1v) is 6.15. The fourth-order valence-corrected chi connectivity index (χ4v) is 1.56. The number of hydrogen-bond acceptors (Lipinski definition) is 5. The summed E-state index contributed by atoms with van der Waals surface area (Å²) in [6.45, 7) is 4.19. The van der Waals surface area contributed by atoms with Gasteiger partial charge in [-0.1, -0.05) is 0 Å². The van der Waals surface area contributed by atoms with E-state index in [1.54, 1.807) is 15.0 Å². The predicted octanol–water partition coefficient (Wildman–Crippen LogP) is -0.679. The van der Waals surface area contributed by atoms with Crippen LogP contribution < -0.4 is 0 Å². The largest absolute Gasteiger partial charge is 0.441 e. The van der Waals surface area contributed by atoms with Gasteiger partial charge in [0.1, 0.15) is 0 Å². The molecular formula is C7H17BO5S. The Kier molecular flexibility index (Phi) is 6.34. The summed E-state index contributed by atoms with van der Waals surface area (Å²) in [6.07, 6.45) is 0.483. The Balaban J connectivity index is 3.69. The molecule has 0 radical (unpaired) electrons. The van der Waals surface area contributed by atoms with Crippen LogP contribution in [-0.2, 0) is 23.7 Å². The Bertz CT molecular complexity index is 240. The lowest BCUT2D eigenvalue weighted by molar-refractivity contribution is -0.00299. The van der Waals surface area contributed by atoms with Crippen molar-refractivity contribution in [2.75, 3.05) is 19.5 Å². The van der Waals surface area contributed by atoms with Gasteiger partial charge in [0.05, 0.1) is 31.7 Å². The van der Waals surface area contributed by atoms with Gasteiger partial charge in [0, 0.05) is 0 Å².